The van der Waals surface area contributed by atoms with Gasteiger partial charge < -0.3 is 25.2 Å². The van der Waals surface area contributed by atoms with Gasteiger partial charge in [-0.3, -0.25) is 4.79 Å². The number of hydrogen-bond acceptors (Lipinski definition) is 5. The van der Waals surface area contributed by atoms with Crippen LogP contribution in [0.5, 0.6) is 5.75 Å². The summed E-state index contributed by atoms with van der Waals surface area (Å²) in [5.74, 6) is -1.09. The van der Waals surface area contributed by atoms with Gasteiger partial charge in [-0.25, -0.2) is 4.79 Å². The summed E-state index contributed by atoms with van der Waals surface area (Å²) in [6.07, 6.45) is -0.618. The number of aromatic carboxylic acids is 1. The molecule has 1 aromatic rings. The monoisotopic (exact) mass is 280 g/mol. The maximum absolute atomic E-state index is 12.0. The number of carbonyl (C=O) groups is 2. The lowest BCUT2D eigenvalue weighted by atomic mass is 10.1. The van der Waals surface area contributed by atoms with E-state index in [2.05, 4.69) is 10.6 Å². The molecule has 1 unspecified atom stereocenters. The van der Waals surface area contributed by atoms with Crippen LogP contribution in [0.3, 0.4) is 0 Å². The number of anilines is 1. The SMILES string of the molecule is COc1ccc(NC(=O)C2CNCCO2)c(C(=O)O)c1. The molecule has 0 bridgehead atoms. The average Bonchev–Trinajstić information content (AvgIpc) is 2.48. The molecule has 3 N–H and O–H groups in total. The summed E-state index contributed by atoms with van der Waals surface area (Å²) in [5.41, 5.74) is 0.193. The van der Waals surface area contributed by atoms with Crippen LogP contribution in [0.2, 0.25) is 0 Å². The number of hydrogen-bond donors (Lipinski definition) is 3. The van der Waals surface area contributed by atoms with Crippen molar-refractivity contribution in [2.24, 2.45) is 0 Å². The number of rotatable bonds is 4. The van der Waals surface area contributed by atoms with Crippen LogP contribution in [-0.2, 0) is 9.53 Å². The molecule has 1 amide bonds. The van der Waals surface area contributed by atoms with Crippen LogP contribution in [0.4, 0.5) is 5.69 Å². The molecule has 1 atom stereocenters. The minimum absolute atomic E-state index is 0.0264. The van der Waals surface area contributed by atoms with Gasteiger partial charge in [-0.05, 0) is 18.2 Å². The van der Waals surface area contributed by atoms with E-state index < -0.39 is 12.1 Å². The molecule has 0 radical (unpaired) electrons. The molecule has 1 aliphatic heterocycles. The lowest BCUT2D eigenvalue weighted by Crippen LogP contribution is -2.45. The summed E-state index contributed by atoms with van der Waals surface area (Å²) in [6, 6.07) is 4.44. The molecule has 1 heterocycles. The average molecular weight is 280 g/mol. The highest BCUT2D eigenvalue weighted by Crippen LogP contribution is 2.22. The quantitative estimate of drug-likeness (QED) is 0.735. The first-order chi connectivity index (χ1) is 9.61. The Hall–Kier alpha value is -2.12. The zero-order valence-corrected chi connectivity index (χ0v) is 11.0. The second kappa shape index (κ2) is 6.36. The van der Waals surface area contributed by atoms with Gasteiger partial charge in [0.1, 0.15) is 11.9 Å². The highest BCUT2D eigenvalue weighted by atomic mass is 16.5. The molecule has 0 aromatic heterocycles. The summed E-state index contributed by atoms with van der Waals surface area (Å²) >= 11 is 0. The summed E-state index contributed by atoms with van der Waals surface area (Å²) in [5, 5.41) is 14.8. The van der Waals surface area contributed by atoms with E-state index in [1.807, 2.05) is 0 Å². The fraction of sp³-hybridized carbons (Fsp3) is 0.385. The highest BCUT2D eigenvalue weighted by Gasteiger charge is 2.23. The number of amides is 1. The van der Waals surface area contributed by atoms with E-state index in [0.717, 1.165) is 0 Å². The minimum atomic E-state index is -1.14. The third kappa shape index (κ3) is 3.25. The van der Waals surface area contributed by atoms with E-state index in [-0.39, 0.29) is 17.2 Å². The van der Waals surface area contributed by atoms with Gasteiger partial charge in [0.05, 0.1) is 25.0 Å². The Labute approximate surface area is 115 Å². The Kier molecular flexibility index (Phi) is 4.54. The van der Waals surface area contributed by atoms with Crippen molar-refractivity contribution in [2.45, 2.75) is 6.10 Å². The first-order valence-electron chi connectivity index (χ1n) is 6.16. The van der Waals surface area contributed by atoms with Gasteiger partial charge in [0.2, 0.25) is 0 Å². The molecule has 108 valence electrons. The number of carboxylic acids is 1. The van der Waals surface area contributed by atoms with Gasteiger partial charge >= 0.3 is 5.97 Å². The lowest BCUT2D eigenvalue weighted by molar-refractivity contribution is -0.128. The fourth-order valence-corrected chi connectivity index (χ4v) is 1.88. The second-order valence-corrected chi connectivity index (χ2v) is 4.27. The third-order valence-corrected chi connectivity index (χ3v) is 2.94. The van der Waals surface area contributed by atoms with E-state index in [4.69, 9.17) is 14.6 Å². The predicted octanol–water partition coefficient (Wildman–Crippen LogP) is 0.320. The second-order valence-electron chi connectivity index (χ2n) is 4.27. The highest BCUT2D eigenvalue weighted by molar-refractivity contribution is 6.02. The first kappa shape index (κ1) is 14.3. The number of nitrogens with one attached hydrogen (secondary N) is 2. The van der Waals surface area contributed by atoms with Crippen LogP contribution in [-0.4, -0.2) is 49.9 Å². The number of morpholine rings is 1. The zero-order chi connectivity index (χ0) is 14.5. The molecule has 0 spiro atoms. The lowest BCUT2D eigenvalue weighted by Gasteiger charge is -2.23. The Morgan fingerprint density at radius 2 is 2.30 bits per heavy atom. The molecular formula is C13H16N2O5. The van der Waals surface area contributed by atoms with Crippen LogP contribution < -0.4 is 15.4 Å². The Morgan fingerprint density at radius 3 is 2.90 bits per heavy atom. The number of methoxy groups -OCH3 is 1. The Balaban J connectivity index is 2.15. The molecule has 0 saturated carbocycles. The van der Waals surface area contributed by atoms with E-state index in [1.54, 1.807) is 6.07 Å². The molecule has 7 heteroatoms. The molecule has 7 nitrogen and oxygen atoms in total. The number of carbonyl (C=O) groups excluding carboxylic acids is 1. The van der Waals surface area contributed by atoms with Crippen molar-refractivity contribution >= 4 is 17.6 Å². The van der Waals surface area contributed by atoms with Crippen molar-refractivity contribution in [3.63, 3.8) is 0 Å². The Morgan fingerprint density at radius 1 is 1.50 bits per heavy atom. The van der Waals surface area contributed by atoms with Crippen molar-refractivity contribution in [3.8, 4) is 5.75 Å². The van der Waals surface area contributed by atoms with Crippen molar-refractivity contribution in [3.05, 3.63) is 23.8 Å². The van der Waals surface area contributed by atoms with Crippen molar-refractivity contribution in [1.29, 1.82) is 0 Å². The van der Waals surface area contributed by atoms with Gasteiger partial charge in [-0.1, -0.05) is 0 Å². The molecule has 2 rings (SSSR count). The molecule has 1 fully saturated rings. The standard InChI is InChI=1S/C13H16N2O5/c1-19-8-2-3-10(9(6-8)13(17)18)15-12(16)11-7-14-4-5-20-11/h2-3,6,11,14H,4-5,7H2,1H3,(H,15,16)(H,17,18). The smallest absolute Gasteiger partial charge is 0.337 e. The Bertz CT molecular complexity index is 511. The van der Waals surface area contributed by atoms with Crippen molar-refractivity contribution in [1.82, 2.24) is 5.32 Å². The number of ether oxygens (including phenoxy) is 2. The fourth-order valence-electron chi connectivity index (χ4n) is 1.88. The summed E-state index contributed by atoms with van der Waals surface area (Å²) in [4.78, 5) is 23.2. The van der Waals surface area contributed by atoms with E-state index in [1.165, 1.54) is 19.2 Å². The summed E-state index contributed by atoms with van der Waals surface area (Å²) < 4.78 is 10.3. The molecule has 1 saturated heterocycles. The van der Waals surface area contributed by atoms with Gasteiger partial charge in [0.25, 0.3) is 5.91 Å². The van der Waals surface area contributed by atoms with Crippen LogP contribution >= 0.6 is 0 Å². The molecule has 0 aliphatic carbocycles. The predicted molar refractivity (Wildman–Crippen MR) is 71.2 cm³/mol. The van der Waals surface area contributed by atoms with Crippen LogP contribution in [0.15, 0.2) is 18.2 Å². The van der Waals surface area contributed by atoms with E-state index in [9.17, 15) is 9.59 Å². The molecule has 20 heavy (non-hydrogen) atoms. The van der Waals surface area contributed by atoms with Crippen LogP contribution in [0.25, 0.3) is 0 Å². The number of carboxylic acid groups (broad SMARTS) is 1. The molecule has 1 aromatic carbocycles. The van der Waals surface area contributed by atoms with E-state index in [0.29, 0.717) is 25.4 Å². The van der Waals surface area contributed by atoms with Gasteiger partial charge in [-0.2, -0.15) is 0 Å². The number of benzene rings is 1. The maximum atomic E-state index is 12.0. The molecule has 1 aliphatic rings. The molecular weight excluding hydrogens is 264 g/mol. The van der Waals surface area contributed by atoms with Crippen LogP contribution in [0.1, 0.15) is 10.4 Å². The van der Waals surface area contributed by atoms with Crippen molar-refractivity contribution in [2.75, 3.05) is 32.1 Å². The van der Waals surface area contributed by atoms with Gasteiger partial charge in [0.15, 0.2) is 0 Å². The topological polar surface area (TPSA) is 96.9 Å². The summed E-state index contributed by atoms with van der Waals surface area (Å²) in [7, 11) is 1.45. The maximum Gasteiger partial charge on any atom is 0.337 e. The zero-order valence-electron chi connectivity index (χ0n) is 11.0. The summed E-state index contributed by atoms with van der Waals surface area (Å²) in [6.45, 7) is 1.56. The third-order valence-electron chi connectivity index (χ3n) is 2.94. The normalized spacial score (nSPS) is 18.4. The van der Waals surface area contributed by atoms with Crippen molar-refractivity contribution < 1.29 is 24.2 Å². The van der Waals surface area contributed by atoms with Crippen LogP contribution in [0, 0.1) is 0 Å². The first-order valence-corrected chi connectivity index (χ1v) is 6.16. The van der Waals surface area contributed by atoms with E-state index >= 15 is 0 Å². The minimum Gasteiger partial charge on any atom is -0.497 e. The largest absolute Gasteiger partial charge is 0.497 e. The van der Waals surface area contributed by atoms with Gasteiger partial charge in [0, 0.05) is 13.1 Å². The van der Waals surface area contributed by atoms with Gasteiger partial charge in [-0.15, -0.1) is 0 Å².